The summed E-state index contributed by atoms with van der Waals surface area (Å²) < 4.78 is 5.20. The number of nitriles is 1. The van der Waals surface area contributed by atoms with Crippen LogP contribution in [-0.4, -0.2) is 37.0 Å². The smallest absolute Gasteiger partial charge is 0.235 e. The van der Waals surface area contributed by atoms with Crippen LogP contribution in [0.15, 0.2) is 24.3 Å². The van der Waals surface area contributed by atoms with E-state index in [1.807, 2.05) is 43.1 Å². The van der Waals surface area contributed by atoms with Gasteiger partial charge in [0.2, 0.25) is 5.91 Å². The van der Waals surface area contributed by atoms with Crippen LogP contribution in [0.25, 0.3) is 0 Å². The van der Waals surface area contributed by atoms with Crippen LogP contribution in [0.5, 0.6) is 5.75 Å². The first-order valence-electron chi connectivity index (χ1n) is 7.50. The minimum atomic E-state index is -0.728. The van der Waals surface area contributed by atoms with Crippen LogP contribution in [0.3, 0.4) is 0 Å². The average molecular weight is 301 g/mol. The summed E-state index contributed by atoms with van der Waals surface area (Å²) in [5, 5.41) is 12.2. The number of methoxy groups -OCH3 is 1. The van der Waals surface area contributed by atoms with E-state index < -0.39 is 5.54 Å². The van der Waals surface area contributed by atoms with Crippen LogP contribution in [0.4, 0.5) is 0 Å². The van der Waals surface area contributed by atoms with Crippen molar-refractivity contribution < 1.29 is 9.53 Å². The van der Waals surface area contributed by atoms with Crippen molar-refractivity contribution in [2.24, 2.45) is 5.92 Å². The van der Waals surface area contributed by atoms with Crippen LogP contribution in [-0.2, 0) is 11.3 Å². The summed E-state index contributed by atoms with van der Waals surface area (Å²) in [5.41, 5.74) is 0.355. The number of hydrogen-bond acceptors (Lipinski definition) is 4. The largest absolute Gasteiger partial charge is 0.497 e. The number of nitrogens with one attached hydrogen (secondary N) is 1. The number of hydrogen-bond donors (Lipinski definition) is 1. The lowest BCUT2D eigenvalue weighted by molar-refractivity contribution is -0.123. The molecule has 1 N–H and O–H groups in total. The Morgan fingerprint density at radius 2 is 2.27 bits per heavy atom. The van der Waals surface area contributed by atoms with Crippen molar-refractivity contribution in [3.63, 3.8) is 0 Å². The molecule has 5 nitrogen and oxygen atoms in total. The summed E-state index contributed by atoms with van der Waals surface area (Å²) in [6.07, 6.45) is 2.04. The first kappa shape index (κ1) is 16.3. The standard InChI is InChI=1S/C17H23N3O2/c1-17(12-18,14-7-8-14)19-16(21)11-20(2)10-13-5-4-6-15(9-13)22-3/h4-6,9,14H,7-8,10-11H2,1-3H3,(H,19,21)/t17-/m0/s1. The van der Waals surface area contributed by atoms with Gasteiger partial charge in [-0.25, -0.2) is 0 Å². The zero-order valence-electron chi connectivity index (χ0n) is 13.4. The van der Waals surface area contributed by atoms with Gasteiger partial charge in [-0.05, 0) is 50.4 Å². The van der Waals surface area contributed by atoms with E-state index in [1.165, 1.54) is 0 Å². The van der Waals surface area contributed by atoms with Crippen molar-refractivity contribution in [3.8, 4) is 11.8 Å². The zero-order chi connectivity index (χ0) is 16.2. The van der Waals surface area contributed by atoms with E-state index in [0.29, 0.717) is 12.5 Å². The molecule has 1 aromatic rings. The second-order valence-corrected chi connectivity index (χ2v) is 6.16. The highest BCUT2D eigenvalue weighted by atomic mass is 16.5. The third-order valence-corrected chi connectivity index (χ3v) is 4.03. The molecule has 22 heavy (non-hydrogen) atoms. The average Bonchev–Trinajstić information content (AvgIpc) is 3.32. The van der Waals surface area contributed by atoms with Crippen molar-refractivity contribution in [1.82, 2.24) is 10.2 Å². The van der Waals surface area contributed by atoms with E-state index in [4.69, 9.17) is 4.74 Å². The maximum Gasteiger partial charge on any atom is 0.235 e. The Balaban J connectivity index is 1.87. The number of benzene rings is 1. The van der Waals surface area contributed by atoms with Gasteiger partial charge in [-0.1, -0.05) is 12.1 Å². The van der Waals surface area contributed by atoms with E-state index in [-0.39, 0.29) is 12.5 Å². The Labute approximate surface area is 131 Å². The summed E-state index contributed by atoms with van der Waals surface area (Å²) in [6.45, 7) is 2.73. The topological polar surface area (TPSA) is 65.4 Å². The number of likely N-dealkylation sites (N-methyl/N-ethyl adjacent to an activating group) is 1. The molecule has 1 aliphatic carbocycles. The number of rotatable bonds is 7. The SMILES string of the molecule is COc1cccc(CN(C)CC(=O)N[C@@](C)(C#N)C2CC2)c1. The summed E-state index contributed by atoms with van der Waals surface area (Å²) in [7, 11) is 3.52. The van der Waals surface area contributed by atoms with Crippen molar-refractivity contribution in [3.05, 3.63) is 29.8 Å². The molecule has 0 saturated heterocycles. The van der Waals surface area contributed by atoms with E-state index >= 15 is 0 Å². The fourth-order valence-electron chi connectivity index (χ4n) is 2.59. The second kappa shape index (κ2) is 6.80. The van der Waals surface area contributed by atoms with Gasteiger partial charge in [0.1, 0.15) is 11.3 Å². The molecule has 0 bridgehead atoms. The Morgan fingerprint density at radius 3 is 2.86 bits per heavy atom. The first-order chi connectivity index (χ1) is 10.5. The van der Waals surface area contributed by atoms with Gasteiger partial charge >= 0.3 is 0 Å². The Bertz CT molecular complexity index is 578. The normalized spacial score (nSPS) is 16.7. The Morgan fingerprint density at radius 1 is 1.55 bits per heavy atom. The quantitative estimate of drug-likeness (QED) is 0.836. The Kier molecular flexibility index (Phi) is 5.04. The van der Waals surface area contributed by atoms with Crippen LogP contribution in [0.1, 0.15) is 25.3 Å². The lowest BCUT2D eigenvalue weighted by Crippen LogP contribution is -2.49. The van der Waals surface area contributed by atoms with E-state index in [2.05, 4.69) is 11.4 Å². The molecule has 0 aromatic heterocycles. The molecule has 5 heteroatoms. The summed E-state index contributed by atoms with van der Waals surface area (Å²) in [4.78, 5) is 14.1. The molecule has 0 unspecified atom stereocenters. The highest BCUT2D eigenvalue weighted by molar-refractivity contribution is 5.79. The van der Waals surface area contributed by atoms with Crippen molar-refractivity contribution in [2.75, 3.05) is 20.7 Å². The number of nitrogens with zero attached hydrogens (tertiary/aromatic N) is 2. The molecule has 2 rings (SSSR count). The van der Waals surface area contributed by atoms with Gasteiger partial charge in [0.25, 0.3) is 0 Å². The highest BCUT2D eigenvalue weighted by Gasteiger charge is 2.42. The molecule has 1 saturated carbocycles. The maximum atomic E-state index is 12.1. The molecule has 1 aromatic carbocycles. The van der Waals surface area contributed by atoms with Crippen LogP contribution < -0.4 is 10.1 Å². The molecule has 0 spiro atoms. The second-order valence-electron chi connectivity index (χ2n) is 6.16. The van der Waals surface area contributed by atoms with Gasteiger partial charge in [0, 0.05) is 6.54 Å². The van der Waals surface area contributed by atoms with Crippen molar-refractivity contribution in [2.45, 2.75) is 31.8 Å². The Hall–Kier alpha value is -2.06. The lowest BCUT2D eigenvalue weighted by Gasteiger charge is -2.25. The third-order valence-electron chi connectivity index (χ3n) is 4.03. The maximum absolute atomic E-state index is 12.1. The van der Waals surface area contributed by atoms with Crippen LogP contribution in [0, 0.1) is 17.2 Å². The molecule has 1 aliphatic rings. The minimum absolute atomic E-state index is 0.110. The van der Waals surface area contributed by atoms with E-state index in [0.717, 1.165) is 24.2 Å². The fourth-order valence-corrected chi connectivity index (χ4v) is 2.59. The summed E-state index contributed by atoms with van der Waals surface area (Å²) >= 11 is 0. The molecule has 1 atom stereocenters. The lowest BCUT2D eigenvalue weighted by atomic mass is 9.98. The number of amides is 1. The monoisotopic (exact) mass is 301 g/mol. The molecule has 1 amide bonds. The fraction of sp³-hybridized carbons (Fsp3) is 0.529. The molecule has 1 fully saturated rings. The van der Waals surface area contributed by atoms with Gasteiger partial charge in [0.05, 0.1) is 19.7 Å². The molecule has 0 radical (unpaired) electrons. The summed E-state index contributed by atoms with van der Waals surface area (Å²) in [5.74, 6) is 0.993. The van der Waals surface area contributed by atoms with Gasteiger partial charge < -0.3 is 10.1 Å². The first-order valence-corrected chi connectivity index (χ1v) is 7.50. The summed E-state index contributed by atoms with van der Waals surface area (Å²) in [6, 6.07) is 10.0. The zero-order valence-corrected chi connectivity index (χ0v) is 13.4. The highest BCUT2D eigenvalue weighted by Crippen LogP contribution is 2.39. The van der Waals surface area contributed by atoms with E-state index in [1.54, 1.807) is 7.11 Å². The predicted octanol–water partition coefficient (Wildman–Crippen LogP) is 1.94. The molecule has 118 valence electrons. The number of ether oxygens (including phenoxy) is 1. The van der Waals surface area contributed by atoms with Gasteiger partial charge in [-0.2, -0.15) is 5.26 Å². The molecule has 0 heterocycles. The predicted molar refractivity (Wildman–Crippen MR) is 84.2 cm³/mol. The van der Waals surface area contributed by atoms with E-state index in [9.17, 15) is 10.1 Å². The third kappa shape index (κ3) is 4.22. The van der Waals surface area contributed by atoms with Crippen LogP contribution >= 0.6 is 0 Å². The molecular weight excluding hydrogens is 278 g/mol. The van der Waals surface area contributed by atoms with Crippen molar-refractivity contribution in [1.29, 1.82) is 5.26 Å². The molecule has 0 aliphatic heterocycles. The van der Waals surface area contributed by atoms with Crippen LogP contribution in [0.2, 0.25) is 0 Å². The van der Waals surface area contributed by atoms with Crippen molar-refractivity contribution >= 4 is 5.91 Å². The van der Waals surface area contributed by atoms with Gasteiger partial charge in [-0.15, -0.1) is 0 Å². The molecular formula is C17H23N3O2. The van der Waals surface area contributed by atoms with Gasteiger partial charge in [-0.3, -0.25) is 9.69 Å². The van der Waals surface area contributed by atoms with Gasteiger partial charge in [0.15, 0.2) is 0 Å². The minimum Gasteiger partial charge on any atom is -0.497 e. The number of carbonyl (C=O) groups excluding carboxylic acids is 1. The number of carbonyl (C=O) groups is 1.